The van der Waals surface area contributed by atoms with E-state index in [1.165, 1.54) is 0 Å². The van der Waals surface area contributed by atoms with Crippen molar-refractivity contribution in [3.05, 3.63) is 0 Å². The van der Waals surface area contributed by atoms with Gasteiger partial charge in [-0.1, -0.05) is 7.60 Å². The summed E-state index contributed by atoms with van der Waals surface area (Å²) in [6, 6.07) is 0. The minimum Gasteiger partial charge on any atom is -0.811 e. The highest BCUT2D eigenvalue weighted by atomic mass is 32.1. The third-order valence-electron chi connectivity index (χ3n) is 0.590. The van der Waals surface area contributed by atoms with Crippen LogP contribution in [0.2, 0.25) is 0 Å². The van der Waals surface area contributed by atoms with E-state index in [2.05, 4.69) is 12.6 Å². The maximum atomic E-state index is 9.83. The van der Waals surface area contributed by atoms with E-state index < -0.39 is 7.60 Å². The van der Waals surface area contributed by atoms with Crippen molar-refractivity contribution in [1.29, 1.82) is 0 Å². The normalized spacial score (nSPS) is 11.9. The van der Waals surface area contributed by atoms with Gasteiger partial charge in [-0.3, -0.25) is 0 Å². The fraction of sp³-hybridized carbons (Fsp3) is 1.00. The first-order valence-electron chi connectivity index (χ1n) is 2.18. The summed E-state index contributed by atoms with van der Waals surface area (Å²) < 4.78 is 9.83. The van der Waals surface area contributed by atoms with E-state index in [4.69, 9.17) is 0 Å². The highest BCUT2D eigenvalue weighted by molar-refractivity contribution is 7.80. The molecule has 0 atom stereocenters. The predicted octanol–water partition coefficient (Wildman–Crippen LogP) is -0.780. The van der Waals surface area contributed by atoms with Gasteiger partial charge in [0.2, 0.25) is 0 Å². The lowest BCUT2D eigenvalue weighted by molar-refractivity contribution is -0.313. The first-order chi connectivity index (χ1) is 3.56. The second-order valence-electron chi connectivity index (χ2n) is 1.41. The van der Waals surface area contributed by atoms with Crippen LogP contribution in [0.1, 0.15) is 6.42 Å². The Hall–Kier alpha value is 0.500. The summed E-state index contributed by atoms with van der Waals surface area (Å²) in [6.07, 6.45) is 0.0872. The van der Waals surface area contributed by atoms with Crippen molar-refractivity contribution in [3.8, 4) is 0 Å². The third kappa shape index (κ3) is 6.50. The number of hydrogen-bond donors (Lipinski definition) is 1. The molecule has 5 heteroatoms. The first-order valence-corrected chi connectivity index (χ1v) is 4.54. The molecule has 0 bridgehead atoms. The van der Waals surface area contributed by atoms with E-state index in [9.17, 15) is 14.4 Å². The fourth-order valence-corrected chi connectivity index (χ4v) is 1.22. The Morgan fingerprint density at radius 2 is 2.00 bits per heavy atom. The van der Waals surface area contributed by atoms with Gasteiger partial charge >= 0.3 is 0 Å². The monoisotopic (exact) mass is 154 g/mol. The maximum Gasteiger partial charge on any atom is -0.00943 e. The molecule has 3 nitrogen and oxygen atoms in total. The van der Waals surface area contributed by atoms with Crippen molar-refractivity contribution in [3.63, 3.8) is 0 Å². The van der Waals surface area contributed by atoms with Crippen LogP contribution in [-0.4, -0.2) is 11.9 Å². The van der Waals surface area contributed by atoms with E-state index in [0.717, 1.165) is 0 Å². The molecule has 0 N–H and O–H groups in total. The second kappa shape index (κ2) is 3.51. The number of rotatable bonds is 3. The molecule has 0 radical (unpaired) electrons. The summed E-state index contributed by atoms with van der Waals surface area (Å²) in [5.74, 6) is 0.453. The van der Waals surface area contributed by atoms with E-state index in [0.29, 0.717) is 12.2 Å². The zero-order chi connectivity index (χ0) is 6.62. The molecule has 0 aromatic heterocycles. The average Bonchev–Trinajstić information content (AvgIpc) is 1.59. The Kier molecular flexibility index (Phi) is 3.73. The zero-order valence-corrected chi connectivity index (χ0v) is 6.03. The fourth-order valence-electron chi connectivity index (χ4n) is 0.264. The third-order valence-corrected chi connectivity index (χ3v) is 1.77. The molecule has 0 amide bonds. The lowest BCUT2D eigenvalue weighted by Gasteiger charge is -2.28. The average molecular weight is 154 g/mol. The molecule has 50 valence electrons. The van der Waals surface area contributed by atoms with E-state index >= 15 is 0 Å². The minimum absolute atomic E-state index is 0.267. The Bertz CT molecular complexity index is 98.7. The van der Waals surface area contributed by atoms with Crippen LogP contribution in [0.4, 0.5) is 0 Å². The summed E-state index contributed by atoms with van der Waals surface area (Å²) in [4.78, 5) is 19.7. The SMILES string of the molecule is O=P([O-])([O-])CCCS. The van der Waals surface area contributed by atoms with E-state index in [1.807, 2.05) is 0 Å². The standard InChI is InChI=1S/C3H9O3PS/c4-7(5,6)2-1-3-8/h8H,1-3H2,(H2,4,5,6)/p-2. The van der Waals surface area contributed by atoms with Gasteiger partial charge in [0.15, 0.2) is 0 Å². The van der Waals surface area contributed by atoms with Gasteiger partial charge in [-0.15, -0.1) is 0 Å². The Balaban J connectivity index is 3.26. The quantitative estimate of drug-likeness (QED) is 0.428. The van der Waals surface area contributed by atoms with Crippen LogP contribution >= 0.6 is 20.2 Å². The van der Waals surface area contributed by atoms with Gasteiger partial charge in [0.05, 0.1) is 0 Å². The van der Waals surface area contributed by atoms with Gasteiger partial charge in [0.25, 0.3) is 0 Å². The molecule has 0 aromatic carbocycles. The topological polar surface area (TPSA) is 63.2 Å². The molecule has 0 aliphatic rings. The van der Waals surface area contributed by atoms with Gasteiger partial charge in [-0.2, -0.15) is 12.6 Å². The van der Waals surface area contributed by atoms with Crippen LogP contribution in [0.3, 0.4) is 0 Å². The number of hydrogen-bond acceptors (Lipinski definition) is 4. The van der Waals surface area contributed by atoms with Gasteiger partial charge in [0.1, 0.15) is 0 Å². The van der Waals surface area contributed by atoms with Crippen molar-refractivity contribution >= 4 is 20.2 Å². The molecule has 8 heavy (non-hydrogen) atoms. The summed E-state index contributed by atoms with van der Waals surface area (Å²) in [6.45, 7) is 0. The predicted molar refractivity (Wildman–Crippen MR) is 30.9 cm³/mol. The molecule has 0 heterocycles. The van der Waals surface area contributed by atoms with Crippen LogP contribution in [0.15, 0.2) is 0 Å². The molecule has 0 fully saturated rings. The highest BCUT2D eigenvalue weighted by Gasteiger charge is 1.87. The Morgan fingerprint density at radius 1 is 1.50 bits per heavy atom. The summed E-state index contributed by atoms with van der Waals surface area (Å²) in [5, 5.41) is 0. The molecule has 0 saturated carbocycles. The van der Waals surface area contributed by atoms with E-state index in [-0.39, 0.29) is 6.16 Å². The Labute approximate surface area is 53.7 Å². The van der Waals surface area contributed by atoms with Crippen molar-refractivity contribution in [2.45, 2.75) is 6.42 Å². The van der Waals surface area contributed by atoms with Crippen molar-refractivity contribution in [1.82, 2.24) is 0 Å². The molecular weight excluding hydrogens is 147 g/mol. The zero-order valence-electron chi connectivity index (χ0n) is 4.24. The van der Waals surface area contributed by atoms with Gasteiger partial charge in [-0.25, -0.2) is 0 Å². The van der Waals surface area contributed by atoms with Crippen molar-refractivity contribution in [2.75, 3.05) is 11.9 Å². The molecule has 0 aromatic rings. The maximum absolute atomic E-state index is 9.83. The molecule has 0 aliphatic carbocycles. The molecule has 0 spiro atoms. The smallest absolute Gasteiger partial charge is 0.00943 e. The molecule has 0 saturated heterocycles. The van der Waals surface area contributed by atoms with Crippen LogP contribution in [0, 0.1) is 0 Å². The minimum atomic E-state index is -4.23. The van der Waals surface area contributed by atoms with Crippen LogP contribution in [-0.2, 0) is 4.57 Å². The van der Waals surface area contributed by atoms with Gasteiger partial charge in [0, 0.05) is 0 Å². The lowest BCUT2D eigenvalue weighted by Crippen LogP contribution is -2.16. The van der Waals surface area contributed by atoms with Crippen LogP contribution in [0.25, 0.3) is 0 Å². The highest BCUT2D eigenvalue weighted by Crippen LogP contribution is 2.23. The largest absolute Gasteiger partial charge is 0.811 e. The number of thiol groups is 1. The van der Waals surface area contributed by atoms with Gasteiger partial charge < -0.3 is 14.4 Å². The first kappa shape index (κ1) is 8.50. The van der Waals surface area contributed by atoms with E-state index in [1.54, 1.807) is 0 Å². The molecule has 0 rings (SSSR count). The van der Waals surface area contributed by atoms with Crippen molar-refractivity contribution in [2.24, 2.45) is 0 Å². The summed E-state index contributed by atoms with van der Waals surface area (Å²) in [7, 11) is -4.23. The van der Waals surface area contributed by atoms with Crippen LogP contribution in [0.5, 0.6) is 0 Å². The van der Waals surface area contributed by atoms with Gasteiger partial charge in [-0.05, 0) is 18.3 Å². The second-order valence-corrected chi connectivity index (χ2v) is 3.53. The molecular formula is C3H7O3PS-2. The van der Waals surface area contributed by atoms with Crippen molar-refractivity contribution < 1.29 is 14.4 Å². The summed E-state index contributed by atoms with van der Waals surface area (Å²) in [5.41, 5.74) is 0. The lowest BCUT2D eigenvalue weighted by atomic mass is 10.6. The Morgan fingerprint density at radius 3 is 2.12 bits per heavy atom. The summed E-state index contributed by atoms with van der Waals surface area (Å²) >= 11 is 3.73. The van der Waals surface area contributed by atoms with Crippen LogP contribution < -0.4 is 9.79 Å². The molecule has 0 aliphatic heterocycles. The molecule has 0 unspecified atom stereocenters.